The van der Waals surface area contributed by atoms with E-state index in [0.717, 1.165) is 28.1 Å². The zero-order valence-electron chi connectivity index (χ0n) is 18.1. The maximum atomic E-state index is 11.8. The second-order valence-electron chi connectivity index (χ2n) is 7.55. The van der Waals surface area contributed by atoms with Crippen molar-refractivity contribution >= 4 is 11.7 Å². The fourth-order valence-electron chi connectivity index (χ4n) is 3.88. The van der Waals surface area contributed by atoms with E-state index in [1.165, 1.54) is 7.11 Å². The van der Waals surface area contributed by atoms with Crippen LogP contribution in [0.15, 0.2) is 78.9 Å². The molecule has 1 aliphatic rings. The molecule has 0 saturated carbocycles. The van der Waals surface area contributed by atoms with E-state index < -0.39 is 0 Å². The summed E-state index contributed by atoms with van der Waals surface area (Å²) in [6, 6.07) is 22.6. The summed E-state index contributed by atoms with van der Waals surface area (Å²) in [6.07, 6.45) is 2.00. The highest BCUT2D eigenvalue weighted by Gasteiger charge is 2.29. The van der Waals surface area contributed by atoms with Gasteiger partial charge < -0.3 is 25.2 Å². The minimum atomic E-state index is -0.362. The van der Waals surface area contributed by atoms with Gasteiger partial charge in [0.15, 0.2) is 6.17 Å². The SMILES string of the molecule is CCOc1ccc(C2=CC(c3ccccc3O)[NH2+]C(c3ccc(C(=O)OC)cc3)N2)cc1. The van der Waals surface area contributed by atoms with Crippen LogP contribution in [0.3, 0.4) is 0 Å². The fraction of sp³-hybridized carbons (Fsp3) is 0.192. The molecular formula is C26H27N2O4+. The maximum absolute atomic E-state index is 11.8. The summed E-state index contributed by atoms with van der Waals surface area (Å²) in [6.45, 7) is 2.58. The number of aromatic hydroxyl groups is 1. The maximum Gasteiger partial charge on any atom is 0.337 e. The Kier molecular flexibility index (Phi) is 6.42. The predicted molar refractivity (Wildman–Crippen MR) is 122 cm³/mol. The minimum absolute atomic E-state index is 0.0932. The Bertz CT molecular complexity index is 1110. The van der Waals surface area contributed by atoms with E-state index in [1.54, 1.807) is 18.2 Å². The van der Waals surface area contributed by atoms with E-state index in [-0.39, 0.29) is 23.9 Å². The zero-order valence-corrected chi connectivity index (χ0v) is 18.1. The van der Waals surface area contributed by atoms with Gasteiger partial charge in [0.25, 0.3) is 0 Å². The van der Waals surface area contributed by atoms with Crippen LogP contribution < -0.4 is 15.4 Å². The molecule has 3 aromatic carbocycles. The second-order valence-corrected chi connectivity index (χ2v) is 7.55. The molecule has 3 aromatic rings. The van der Waals surface area contributed by atoms with Crippen LogP contribution in [0.4, 0.5) is 0 Å². The average Bonchev–Trinajstić information content (AvgIpc) is 2.84. The van der Waals surface area contributed by atoms with Gasteiger partial charge in [-0.25, -0.2) is 4.79 Å². The van der Waals surface area contributed by atoms with Crippen LogP contribution in [0.25, 0.3) is 5.70 Å². The summed E-state index contributed by atoms with van der Waals surface area (Å²) in [7, 11) is 1.37. The molecule has 0 saturated heterocycles. The van der Waals surface area contributed by atoms with Crippen LogP contribution in [-0.2, 0) is 4.74 Å². The molecular weight excluding hydrogens is 404 g/mol. The Labute approximate surface area is 187 Å². The molecule has 0 radical (unpaired) electrons. The van der Waals surface area contributed by atoms with Gasteiger partial charge in [-0.3, -0.25) is 0 Å². The molecule has 0 fully saturated rings. The summed E-state index contributed by atoms with van der Waals surface area (Å²) in [5.74, 6) is 0.725. The molecule has 4 rings (SSSR count). The first-order valence-electron chi connectivity index (χ1n) is 10.6. The average molecular weight is 432 g/mol. The van der Waals surface area contributed by atoms with Gasteiger partial charge in [0.05, 0.1) is 24.8 Å². The molecule has 0 spiro atoms. The van der Waals surface area contributed by atoms with E-state index in [0.29, 0.717) is 12.2 Å². The highest BCUT2D eigenvalue weighted by molar-refractivity contribution is 5.89. The first-order chi connectivity index (χ1) is 15.6. The van der Waals surface area contributed by atoms with Gasteiger partial charge in [-0.2, -0.15) is 0 Å². The van der Waals surface area contributed by atoms with Crippen molar-refractivity contribution in [1.82, 2.24) is 5.32 Å². The number of phenolic OH excluding ortho intramolecular Hbond substituents is 1. The Hall–Kier alpha value is -3.77. The summed E-state index contributed by atoms with van der Waals surface area (Å²) in [5, 5.41) is 16.2. The number of methoxy groups -OCH3 is 1. The number of phenols is 1. The molecule has 6 nitrogen and oxygen atoms in total. The number of carbonyl (C=O) groups excluding carboxylic acids is 1. The van der Waals surface area contributed by atoms with Crippen molar-refractivity contribution < 1.29 is 24.7 Å². The molecule has 0 aromatic heterocycles. The Morgan fingerprint density at radius 2 is 1.75 bits per heavy atom. The number of quaternary nitrogens is 1. The summed E-state index contributed by atoms with van der Waals surface area (Å²) >= 11 is 0. The van der Waals surface area contributed by atoms with Gasteiger partial charge in [-0.05, 0) is 61.0 Å². The number of nitrogens with one attached hydrogen (secondary N) is 1. The summed E-state index contributed by atoms with van der Waals surface area (Å²) in [4.78, 5) is 11.8. The number of nitrogens with two attached hydrogens (primary N) is 1. The number of hydrogen-bond acceptors (Lipinski definition) is 5. The Balaban J connectivity index is 1.68. The van der Waals surface area contributed by atoms with Gasteiger partial charge in [-0.1, -0.05) is 24.3 Å². The van der Waals surface area contributed by atoms with Crippen molar-refractivity contribution in [2.45, 2.75) is 19.1 Å². The van der Waals surface area contributed by atoms with Gasteiger partial charge in [0.1, 0.15) is 17.5 Å². The number of ether oxygens (including phenoxy) is 2. The van der Waals surface area contributed by atoms with Crippen LogP contribution >= 0.6 is 0 Å². The molecule has 1 aliphatic heterocycles. The number of esters is 1. The third-order valence-corrected chi connectivity index (χ3v) is 5.52. The summed E-state index contributed by atoms with van der Waals surface area (Å²) in [5.41, 5.74) is 4.35. The van der Waals surface area contributed by atoms with E-state index in [2.05, 4.69) is 16.7 Å². The minimum Gasteiger partial charge on any atom is -0.507 e. The molecule has 32 heavy (non-hydrogen) atoms. The van der Waals surface area contributed by atoms with Crippen molar-refractivity contribution in [3.05, 3.63) is 101 Å². The predicted octanol–water partition coefficient (Wildman–Crippen LogP) is 3.53. The molecule has 164 valence electrons. The molecule has 0 aliphatic carbocycles. The van der Waals surface area contributed by atoms with Gasteiger partial charge in [-0.15, -0.1) is 0 Å². The van der Waals surface area contributed by atoms with Gasteiger partial charge in [0.2, 0.25) is 0 Å². The smallest absolute Gasteiger partial charge is 0.337 e. The quantitative estimate of drug-likeness (QED) is 0.520. The van der Waals surface area contributed by atoms with Crippen LogP contribution in [0.1, 0.15) is 46.2 Å². The zero-order chi connectivity index (χ0) is 22.5. The lowest BCUT2D eigenvalue weighted by Crippen LogP contribution is -2.89. The standard InChI is InChI=1S/C26H26N2O4/c1-3-32-20-14-12-17(13-15-20)22-16-23(21-6-4-5-7-24(21)29)28-25(27-22)18-8-10-19(11-9-18)26(30)31-2/h4-16,23,25,27-29H,3H2,1-2H3/p+1. The third kappa shape index (κ3) is 4.60. The Morgan fingerprint density at radius 1 is 1.03 bits per heavy atom. The van der Waals surface area contributed by atoms with E-state index in [1.807, 2.05) is 61.5 Å². The molecule has 4 N–H and O–H groups in total. The number of hydrogen-bond donors (Lipinski definition) is 3. The first-order valence-corrected chi connectivity index (χ1v) is 10.6. The van der Waals surface area contributed by atoms with Crippen molar-refractivity contribution in [1.29, 1.82) is 0 Å². The largest absolute Gasteiger partial charge is 0.507 e. The van der Waals surface area contributed by atoms with Crippen molar-refractivity contribution in [3.8, 4) is 11.5 Å². The van der Waals surface area contributed by atoms with Crippen LogP contribution in [0.2, 0.25) is 0 Å². The molecule has 2 unspecified atom stereocenters. The van der Waals surface area contributed by atoms with Crippen molar-refractivity contribution in [2.75, 3.05) is 13.7 Å². The van der Waals surface area contributed by atoms with E-state index >= 15 is 0 Å². The molecule has 0 bridgehead atoms. The monoisotopic (exact) mass is 431 g/mol. The molecule has 0 amide bonds. The van der Waals surface area contributed by atoms with Crippen LogP contribution in [-0.4, -0.2) is 24.8 Å². The lowest BCUT2D eigenvalue weighted by molar-refractivity contribution is -0.731. The number of para-hydroxylation sites is 1. The van der Waals surface area contributed by atoms with Gasteiger partial charge >= 0.3 is 5.97 Å². The second kappa shape index (κ2) is 9.58. The van der Waals surface area contributed by atoms with Gasteiger partial charge in [0, 0.05) is 17.3 Å². The van der Waals surface area contributed by atoms with Crippen LogP contribution in [0.5, 0.6) is 11.5 Å². The van der Waals surface area contributed by atoms with E-state index in [4.69, 9.17) is 9.47 Å². The summed E-state index contributed by atoms with van der Waals surface area (Å²) < 4.78 is 10.4. The normalized spacial score (nSPS) is 17.8. The van der Waals surface area contributed by atoms with Crippen LogP contribution in [0, 0.1) is 0 Å². The highest BCUT2D eigenvalue weighted by atomic mass is 16.5. The Morgan fingerprint density at radius 3 is 2.41 bits per heavy atom. The van der Waals surface area contributed by atoms with Crippen molar-refractivity contribution in [3.63, 3.8) is 0 Å². The lowest BCUT2D eigenvalue weighted by Gasteiger charge is -2.30. The molecule has 2 atom stereocenters. The first kappa shape index (κ1) is 21.5. The van der Waals surface area contributed by atoms with Crippen molar-refractivity contribution in [2.24, 2.45) is 0 Å². The fourth-order valence-corrected chi connectivity index (χ4v) is 3.88. The number of rotatable bonds is 6. The van der Waals surface area contributed by atoms with E-state index in [9.17, 15) is 9.90 Å². The number of carbonyl (C=O) groups is 1. The third-order valence-electron chi connectivity index (χ3n) is 5.52. The topological polar surface area (TPSA) is 84.4 Å². The number of benzene rings is 3. The molecule has 6 heteroatoms. The lowest BCUT2D eigenvalue weighted by atomic mass is 9.97. The molecule has 1 heterocycles. The highest BCUT2D eigenvalue weighted by Crippen LogP contribution is 2.29.